The fraction of sp³-hybridized carbons (Fsp3) is 0.647. The van der Waals surface area contributed by atoms with E-state index < -0.39 is 0 Å². The third-order valence-corrected chi connectivity index (χ3v) is 4.65. The molecule has 3 heterocycles. The van der Waals surface area contributed by atoms with Crippen LogP contribution < -0.4 is 5.32 Å². The Hall–Kier alpha value is -2.60. The summed E-state index contributed by atoms with van der Waals surface area (Å²) in [6, 6.07) is 3.78. The second-order valence-electron chi connectivity index (χ2n) is 6.66. The monoisotopic (exact) mass is 362 g/mol. The molecule has 2 aliphatic heterocycles. The zero-order valence-corrected chi connectivity index (χ0v) is 15.1. The maximum absolute atomic E-state index is 12.3. The van der Waals surface area contributed by atoms with Gasteiger partial charge in [-0.2, -0.15) is 10.4 Å². The zero-order valence-electron chi connectivity index (χ0n) is 15.1. The van der Waals surface area contributed by atoms with Crippen molar-refractivity contribution in [1.29, 1.82) is 5.26 Å². The molecule has 0 saturated carbocycles. The Morgan fingerprint density at radius 3 is 2.96 bits per heavy atom. The van der Waals surface area contributed by atoms with E-state index in [-0.39, 0.29) is 12.5 Å². The molecule has 1 unspecified atom stereocenters. The van der Waals surface area contributed by atoms with Gasteiger partial charge in [0.25, 0.3) is 6.47 Å². The van der Waals surface area contributed by atoms with E-state index in [9.17, 15) is 4.79 Å². The van der Waals surface area contributed by atoms with Crippen molar-refractivity contribution in [2.75, 3.05) is 32.7 Å². The molecule has 2 N–H and O–H groups in total. The number of fused-ring (bicyclic) bond motifs is 1. The average Bonchev–Trinajstić information content (AvgIpc) is 3.04. The predicted molar refractivity (Wildman–Crippen MR) is 94.3 cm³/mol. The Morgan fingerprint density at radius 1 is 1.50 bits per heavy atom. The summed E-state index contributed by atoms with van der Waals surface area (Å²) in [5, 5.41) is 23.0. The van der Waals surface area contributed by atoms with E-state index in [1.807, 2.05) is 10.8 Å². The van der Waals surface area contributed by atoms with Crippen LogP contribution in [0.15, 0.2) is 6.07 Å². The lowest BCUT2D eigenvalue weighted by molar-refractivity contribution is -0.122. The van der Waals surface area contributed by atoms with Gasteiger partial charge in [0.2, 0.25) is 0 Å². The lowest BCUT2D eigenvalue weighted by Crippen LogP contribution is -2.47. The minimum Gasteiger partial charge on any atom is -0.483 e. The summed E-state index contributed by atoms with van der Waals surface area (Å²) in [7, 11) is 0. The number of amides is 2. The number of urea groups is 1. The zero-order chi connectivity index (χ0) is 18.9. The number of nitrogens with zero attached hydrogens (tertiary/aromatic N) is 5. The van der Waals surface area contributed by atoms with Crippen LogP contribution in [0.1, 0.15) is 31.2 Å². The molecule has 0 bridgehead atoms. The molecule has 1 fully saturated rings. The summed E-state index contributed by atoms with van der Waals surface area (Å²) in [6.07, 6.45) is 2.57. The van der Waals surface area contributed by atoms with Crippen molar-refractivity contribution >= 4 is 12.5 Å². The quantitative estimate of drug-likeness (QED) is 0.766. The van der Waals surface area contributed by atoms with E-state index in [1.54, 1.807) is 11.0 Å². The summed E-state index contributed by atoms with van der Waals surface area (Å²) in [4.78, 5) is 24.9. The number of hydrogen-bond donors (Lipinski definition) is 2. The molecule has 26 heavy (non-hydrogen) atoms. The Balaban J connectivity index is 0.000000758. The van der Waals surface area contributed by atoms with E-state index in [1.165, 1.54) is 12.8 Å². The minimum atomic E-state index is -0.250. The predicted octanol–water partition coefficient (Wildman–Crippen LogP) is 0.713. The molecule has 2 amide bonds. The third-order valence-electron chi connectivity index (χ3n) is 4.65. The van der Waals surface area contributed by atoms with E-state index in [0.29, 0.717) is 31.9 Å². The van der Waals surface area contributed by atoms with E-state index in [4.69, 9.17) is 15.2 Å². The van der Waals surface area contributed by atoms with Crippen molar-refractivity contribution in [2.24, 2.45) is 5.92 Å². The molecule has 9 nitrogen and oxygen atoms in total. The van der Waals surface area contributed by atoms with Gasteiger partial charge in [-0.05, 0) is 31.4 Å². The molecule has 1 saturated heterocycles. The Kier molecular flexibility index (Phi) is 7.41. The molecule has 1 aromatic rings. The van der Waals surface area contributed by atoms with Gasteiger partial charge >= 0.3 is 6.03 Å². The maximum Gasteiger partial charge on any atom is 0.317 e. The van der Waals surface area contributed by atoms with Gasteiger partial charge in [0.05, 0.1) is 18.8 Å². The number of carboxylic acid groups (broad SMARTS) is 1. The normalized spacial score (nSPS) is 19.5. The van der Waals surface area contributed by atoms with Gasteiger partial charge in [0.15, 0.2) is 5.69 Å². The number of nitrogens with one attached hydrogen (secondary N) is 1. The number of likely N-dealkylation sites (tertiary alicyclic amines) is 1. The molecule has 142 valence electrons. The van der Waals surface area contributed by atoms with Crippen molar-refractivity contribution in [2.45, 2.75) is 32.9 Å². The largest absolute Gasteiger partial charge is 0.483 e. The second kappa shape index (κ2) is 9.77. The number of piperidine rings is 1. The summed E-state index contributed by atoms with van der Waals surface area (Å²) in [5.74, 6) is 0.760. The first-order valence-electron chi connectivity index (χ1n) is 8.87. The van der Waals surface area contributed by atoms with Crippen molar-refractivity contribution in [3.05, 3.63) is 17.5 Å². The molecule has 1 aromatic heterocycles. The molecule has 2 aliphatic rings. The maximum atomic E-state index is 12.3. The number of carbonyl (C=O) groups excluding carboxylic acids is 1. The number of rotatable bonds is 3. The van der Waals surface area contributed by atoms with Gasteiger partial charge in [-0.25, -0.2) is 4.79 Å². The van der Waals surface area contributed by atoms with Crippen LogP contribution in [-0.4, -0.2) is 69.9 Å². The number of aromatic nitrogens is 2. The summed E-state index contributed by atoms with van der Waals surface area (Å²) < 4.78 is 1.82. The molecule has 9 heteroatoms. The summed E-state index contributed by atoms with van der Waals surface area (Å²) in [6.45, 7) is 7.71. The van der Waals surface area contributed by atoms with Gasteiger partial charge in [0.1, 0.15) is 6.07 Å². The standard InChI is InChI=1S/C16H24N6O.CH2O2/c1-13-3-2-5-20(11-13)6-4-18-16(23)21-7-8-22-15(12-21)9-14(10-17)19-22;2-1-3/h9,13H,2-8,11-12H2,1H3,(H,18,23);1H,(H,2,3). The molecule has 1 atom stereocenters. The van der Waals surface area contributed by atoms with E-state index >= 15 is 0 Å². The van der Waals surface area contributed by atoms with Crippen molar-refractivity contribution in [1.82, 2.24) is 24.9 Å². The number of nitriles is 1. The Labute approximate surface area is 153 Å². The highest BCUT2D eigenvalue weighted by molar-refractivity contribution is 5.74. The van der Waals surface area contributed by atoms with Crippen LogP contribution in [0.2, 0.25) is 0 Å². The molecular formula is C17H26N6O3. The van der Waals surface area contributed by atoms with Crippen LogP contribution in [0.3, 0.4) is 0 Å². The first kappa shape index (κ1) is 19.7. The highest BCUT2D eigenvalue weighted by Crippen LogP contribution is 2.15. The molecule has 0 radical (unpaired) electrons. The fourth-order valence-corrected chi connectivity index (χ4v) is 3.42. The lowest BCUT2D eigenvalue weighted by Gasteiger charge is -2.31. The summed E-state index contributed by atoms with van der Waals surface area (Å²) in [5.41, 5.74) is 1.34. The highest BCUT2D eigenvalue weighted by atomic mass is 16.3. The van der Waals surface area contributed by atoms with Crippen LogP contribution in [-0.2, 0) is 17.9 Å². The molecule has 0 aromatic carbocycles. The first-order valence-corrected chi connectivity index (χ1v) is 8.87. The van der Waals surface area contributed by atoms with Crippen LogP contribution >= 0.6 is 0 Å². The smallest absolute Gasteiger partial charge is 0.317 e. The van der Waals surface area contributed by atoms with E-state index in [2.05, 4.69) is 22.2 Å². The SMILES string of the molecule is CC1CCCN(CCNC(=O)N2CCn3nc(C#N)cc3C2)C1.O=CO. The average molecular weight is 362 g/mol. The molecule has 0 aliphatic carbocycles. The van der Waals surface area contributed by atoms with Crippen molar-refractivity contribution in [3.8, 4) is 6.07 Å². The summed E-state index contributed by atoms with van der Waals surface area (Å²) >= 11 is 0. The molecule has 0 spiro atoms. The van der Waals surface area contributed by atoms with Crippen molar-refractivity contribution < 1.29 is 14.7 Å². The number of hydrogen-bond acceptors (Lipinski definition) is 5. The van der Waals surface area contributed by atoms with Gasteiger partial charge in [0, 0.05) is 26.2 Å². The van der Waals surface area contributed by atoms with Crippen LogP contribution in [0, 0.1) is 17.2 Å². The van der Waals surface area contributed by atoms with Crippen molar-refractivity contribution in [3.63, 3.8) is 0 Å². The minimum absolute atomic E-state index is 0.0268. The molecule has 3 rings (SSSR count). The van der Waals surface area contributed by atoms with Gasteiger partial charge in [-0.3, -0.25) is 9.48 Å². The van der Waals surface area contributed by atoms with Gasteiger partial charge in [-0.1, -0.05) is 6.92 Å². The van der Waals surface area contributed by atoms with Gasteiger partial charge < -0.3 is 20.2 Å². The molecular weight excluding hydrogens is 336 g/mol. The van der Waals surface area contributed by atoms with Crippen LogP contribution in [0.25, 0.3) is 0 Å². The Bertz CT molecular complexity index is 653. The fourth-order valence-electron chi connectivity index (χ4n) is 3.42. The Morgan fingerprint density at radius 2 is 2.27 bits per heavy atom. The topological polar surface area (TPSA) is 114 Å². The lowest BCUT2D eigenvalue weighted by atomic mass is 10.0. The second-order valence-corrected chi connectivity index (χ2v) is 6.66. The van der Waals surface area contributed by atoms with Crippen LogP contribution in [0.5, 0.6) is 0 Å². The van der Waals surface area contributed by atoms with Gasteiger partial charge in [-0.15, -0.1) is 0 Å². The third kappa shape index (κ3) is 5.46. The van der Waals surface area contributed by atoms with E-state index in [0.717, 1.165) is 31.2 Å². The van der Waals surface area contributed by atoms with Crippen LogP contribution in [0.4, 0.5) is 4.79 Å². The first-order chi connectivity index (χ1) is 12.6. The number of carbonyl (C=O) groups is 2. The highest BCUT2D eigenvalue weighted by Gasteiger charge is 2.22.